The SMILES string of the molecule is CN(C=C(CC(O)c1cccnc1)C1=CCC(Cl)S1)CC1C=C(Cl)CCCC1. The number of hydrogen-bond donors (Lipinski definition) is 1. The minimum atomic E-state index is -0.587. The lowest BCUT2D eigenvalue weighted by Gasteiger charge is -2.23. The Hall–Kier alpha value is -0.940. The number of aliphatic hydroxyl groups excluding tert-OH is 1. The van der Waals surface area contributed by atoms with Crippen LogP contribution in [0.4, 0.5) is 0 Å². The van der Waals surface area contributed by atoms with Crippen molar-refractivity contribution in [3.8, 4) is 0 Å². The molecular formula is C22H28Cl2N2OS. The number of nitrogens with zero attached hydrogens (tertiary/aromatic N) is 2. The van der Waals surface area contributed by atoms with Gasteiger partial charge in [-0.25, -0.2) is 0 Å². The van der Waals surface area contributed by atoms with Crippen LogP contribution < -0.4 is 0 Å². The first-order valence-electron chi connectivity index (χ1n) is 9.87. The van der Waals surface area contributed by atoms with Gasteiger partial charge in [0.2, 0.25) is 0 Å². The van der Waals surface area contributed by atoms with Crippen LogP contribution in [0.3, 0.4) is 0 Å². The molecule has 0 fully saturated rings. The summed E-state index contributed by atoms with van der Waals surface area (Å²) in [5.41, 5.74) is 1.95. The van der Waals surface area contributed by atoms with E-state index in [0.717, 1.165) is 35.6 Å². The van der Waals surface area contributed by atoms with Crippen LogP contribution in [0.25, 0.3) is 0 Å². The van der Waals surface area contributed by atoms with E-state index in [9.17, 15) is 5.11 Å². The van der Waals surface area contributed by atoms with E-state index in [4.69, 9.17) is 23.2 Å². The van der Waals surface area contributed by atoms with Crippen molar-refractivity contribution in [2.24, 2.45) is 5.92 Å². The highest BCUT2D eigenvalue weighted by atomic mass is 35.5. The van der Waals surface area contributed by atoms with E-state index in [1.165, 1.54) is 24.2 Å². The standard InChI is InChI=1S/C22H28Cl2N2OS/c1-26(14-16-5-2-3-7-19(23)11-16)15-18(21-8-9-22(24)28-21)12-20(27)17-6-4-10-25-13-17/h4,6,8,10-11,13,15-16,20,22,27H,2-3,5,7,9,12,14H2,1H3. The summed E-state index contributed by atoms with van der Waals surface area (Å²) >= 11 is 14.3. The first-order valence-corrected chi connectivity index (χ1v) is 11.6. The molecule has 0 saturated carbocycles. The smallest absolute Gasteiger partial charge is 0.0870 e. The highest BCUT2D eigenvalue weighted by Crippen LogP contribution is 2.41. The van der Waals surface area contributed by atoms with E-state index in [0.29, 0.717) is 12.3 Å². The van der Waals surface area contributed by atoms with Crippen molar-refractivity contribution < 1.29 is 5.11 Å². The van der Waals surface area contributed by atoms with Crippen molar-refractivity contribution in [1.29, 1.82) is 0 Å². The van der Waals surface area contributed by atoms with Crippen LogP contribution in [0.2, 0.25) is 0 Å². The van der Waals surface area contributed by atoms with Crippen LogP contribution in [-0.4, -0.2) is 33.3 Å². The Kier molecular flexibility index (Phi) is 8.34. The molecule has 2 aliphatic rings. The molecule has 152 valence electrons. The number of allylic oxidation sites excluding steroid dienone is 3. The molecule has 3 nitrogen and oxygen atoms in total. The van der Waals surface area contributed by atoms with Gasteiger partial charge in [0.25, 0.3) is 0 Å². The van der Waals surface area contributed by atoms with E-state index in [1.54, 1.807) is 24.2 Å². The Labute approximate surface area is 182 Å². The van der Waals surface area contributed by atoms with Gasteiger partial charge in [-0.2, -0.15) is 0 Å². The van der Waals surface area contributed by atoms with Crippen LogP contribution >= 0.6 is 35.0 Å². The molecular weight excluding hydrogens is 411 g/mol. The van der Waals surface area contributed by atoms with Crippen molar-refractivity contribution in [3.05, 3.63) is 64.0 Å². The second-order valence-electron chi connectivity index (χ2n) is 7.55. The average molecular weight is 439 g/mol. The molecule has 1 aromatic heterocycles. The molecule has 0 spiro atoms. The Morgan fingerprint density at radius 3 is 3.04 bits per heavy atom. The summed E-state index contributed by atoms with van der Waals surface area (Å²) in [6, 6.07) is 3.77. The molecule has 1 aliphatic heterocycles. The maximum atomic E-state index is 10.7. The maximum absolute atomic E-state index is 10.7. The molecule has 2 heterocycles. The summed E-state index contributed by atoms with van der Waals surface area (Å²) in [6.45, 7) is 0.922. The van der Waals surface area contributed by atoms with Gasteiger partial charge < -0.3 is 10.0 Å². The Bertz CT molecular complexity index is 735. The predicted octanol–water partition coefficient (Wildman–Crippen LogP) is 6.22. The third-order valence-corrected chi connectivity index (χ3v) is 6.99. The summed E-state index contributed by atoms with van der Waals surface area (Å²) in [7, 11) is 2.10. The molecule has 3 rings (SSSR count). The summed E-state index contributed by atoms with van der Waals surface area (Å²) in [4.78, 5) is 7.52. The fraction of sp³-hybridized carbons (Fsp3) is 0.500. The van der Waals surface area contributed by atoms with Gasteiger partial charge in [-0.05, 0) is 48.8 Å². The van der Waals surface area contributed by atoms with Crippen LogP contribution in [0, 0.1) is 5.92 Å². The van der Waals surface area contributed by atoms with Crippen LogP contribution in [0.15, 0.2) is 58.4 Å². The first kappa shape index (κ1) is 21.8. The molecule has 0 aromatic carbocycles. The van der Waals surface area contributed by atoms with Gasteiger partial charge in [0, 0.05) is 48.5 Å². The molecule has 1 N–H and O–H groups in total. The molecule has 28 heavy (non-hydrogen) atoms. The number of pyridine rings is 1. The highest BCUT2D eigenvalue weighted by Gasteiger charge is 2.22. The fourth-order valence-corrected chi connectivity index (χ4v) is 5.35. The van der Waals surface area contributed by atoms with Gasteiger partial charge in [0.05, 0.1) is 10.8 Å². The highest BCUT2D eigenvalue weighted by molar-refractivity contribution is 8.05. The Balaban J connectivity index is 1.73. The molecule has 1 aliphatic carbocycles. The monoisotopic (exact) mass is 438 g/mol. The van der Waals surface area contributed by atoms with Crippen molar-refractivity contribution in [1.82, 2.24) is 9.88 Å². The third kappa shape index (κ3) is 6.55. The Morgan fingerprint density at radius 1 is 1.46 bits per heavy atom. The van der Waals surface area contributed by atoms with Gasteiger partial charge in [-0.3, -0.25) is 4.98 Å². The molecule has 6 heteroatoms. The van der Waals surface area contributed by atoms with Gasteiger partial charge in [-0.15, -0.1) is 23.4 Å². The Morgan fingerprint density at radius 2 is 2.32 bits per heavy atom. The van der Waals surface area contributed by atoms with Crippen LogP contribution in [0.5, 0.6) is 0 Å². The van der Waals surface area contributed by atoms with E-state index in [2.05, 4.69) is 35.3 Å². The molecule has 3 atom stereocenters. The zero-order valence-corrected chi connectivity index (χ0v) is 18.6. The average Bonchev–Trinajstić information content (AvgIpc) is 3.01. The zero-order valence-electron chi connectivity index (χ0n) is 16.2. The van der Waals surface area contributed by atoms with Crippen molar-refractivity contribution in [3.63, 3.8) is 0 Å². The quantitative estimate of drug-likeness (QED) is 0.512. The summed E-state index contributed by atoms with van der Waals surface area (Å²) in [5.74, 6) is 0.465. The fourth-order valence-electron chi connectivity index (χ4n) is 3.71. The normalized spacial score (nSPS) is 24.4. The molecule has 0 amide bonds. The molecule has 0 saturated heterocycles. The topological polar surface area (TPSA) is 36.4 Å². The summed E-state index contributed by atoms with van der Waals surface area (Å²) in [6.07, 6.45) is 15.4. The van der Waals surface area contributed by atoms with Gasteiger partial charge in [0.1, 0.15) is 0 Å². The number of aliphatic hydroxyl groups is 1. The lowest BCUT2D eigenvalue weighted by Crippen LogP contribution is -2.20. The number of hydrogen-bond acceptors (Lipinski definition) is 4. The maximum Gasteiger partial charge on any atom is 0.0870 e. The van der Waals surface area contributed by atoms with Crippen molar-refractivity contribution in [2.75, 3.05) is 13.6 Å². The number of halogens is 2. The van der Waals surface area contributed by atoms with Gasteiger partial charge >= 0.3 is 0 Å². The third-order valence-electron chi connectivity index (χ3n) is 5.10. The molecule has 1 aromatic rings. The van der Waals surface area contributed by atoms with Crippen LogP contribution in [0.1, 0.15) is 50.2 Å². The zero-order chi connectivity index (χ0) is 19.9. The number of aromatic nitrogens is 1. The minimum absolute atomic E-state index is 0.0721. The molecule has 0 radical (unpaired) electrons. The van der Waals surface area contributed by atoms with Gasteiger partial charge in [-0.1, -0.05) is 36.2 Å². The number of alkyl halides is 1. The second-order valence-corrected chi connectivity index (χ2v) is 10.1. The second kappa shape index (κ2) is 10.7. The van der Waals surface area contributed by atoms with Gasteiger partial charge in [0.15, 0.2) is 0 Å². The van der Waals surface area contributed by atoms with E-state index >= 15 is 0 Å². The minimum Gasteiger partial charge on any atom is -0.388 e. The largest absolute Gasteiger partial charge is 0.388 e. The summed E-state index contributed by atoms with van der Waals surface area (Å²) in [5, 5.41) is 11.7. The molecule has 0 bridgehead atoms. The van der Waals surface area contributed by atoms with Crippen LogP contribution in [-0.2, 0) is 0 Å². The van der Waals surface area contributed by atoms with Crippen molar-refractivity contribution >= 4 is 35.0 Å². The number of thioether (sulfide) groups is 1. The predicted molar refractivity (Wildman–Crippen MR) is 120 cm³/mol. The van der Waals surface area contributed by atoms with E-state index in [-0.39, 0.29) is 4.71 Å². The van der Waals surface area contributed by atoms with E-state index in [1.807, 2.05) is 12.1 Å². The summed E-state index contributed by atoms with van der Waals surface area (Å²) < 4.78 is 0.0721. The first-order chi connectivity index (χ1) is 13.5. The lowest BCUT2D eigenvalue weighted by atomic mass is 10.0. The lowest BCUT2D eigenvalue weighted by molar-refractivity contribution is 0.178. The number of rotatable bonds is 7. The van der Waals surface area contributed by atoms with E-state index < -0.39 is 6.10 Å². The van der Waals surface area contributed by atoms with Crippen molar-refractivity contribution in [2.45, 2.75) is 49.3 Å². The molecule has 3 unspecified atom stereocenters.